The van der Waals surface area contributed by atoms with E-state index in [4.69, 9.17) is 4.74 Å². The van der Waals surface area contributed by atoms with Crippen LogP contribution in [0.15, 0.2) is 42.6 Å². The highest BCUT2D eigenvalue weighted by molar-refractivity contribution is 5.33. The van der Waals surface area contributed by atoms with Crippen molar-refractivity contribution in [2.24, 2.45) is 0 Å². The molecule has 2 nitrogen and oxygen atoms in total. The zero-order valence-corrected chi connectivity index (χ0v) is 16.1. The number of unbranched alkanes of at least 4 members (excludes halogenated alkanes) is 4. The molecular formula is C23H33NO. The smallest absolute Gasteiger partial charge is 0.119 e. The van der Waals surface area contributed by atoms with Gasteiger partial charge in [0.25, 0.3) is 0 Å². The summed E-state index contributed by atoms with van der Waals surface area (Å²) in [5.41, 5.74) is 3.73. The third kappa shape index (κ3) is 6.53. The molecule has 0 fully saturated rings. The lowest BCUT2D eigenvalue weighted by atomic mass is 9.96. The molecule has 2 aromatic rings. The molecule has 1 aromatic heterocycles. The van der Waals surface area contributed by atoms with Gasteiger partial charge in [-0.3, -0.25) is 4.98 Å². The van der Waals surface area contributed by atoms with Crippen LogP contribution in [0.25, 0.3) is 0 Å². The molecule has 25 heavy (non-hydrogen) atoms. The Hall–Kier alpha value is -1.83. The van der Waals surface area contributed by atoms with Gasteiger partial charge in [0, 0.05) is 17.8 Å². The van der Waals surface area contributed by atoms with E-state index in [1.165, 1.54) is 36.8 Å². The molecule has 0 aliphatic carbocycles. The van der Waals surface area contributed by atoms with E-state index in [0.29, 0.717) is 5.92 Å². The monoisotopic (exact) mass is 339 g/mol. The highest BCUT2D eigenvalue weighted by Gasteiger charge is 2.10. The summed E-state index contributed by atoms with van der Waals surface area (Å²) in [5, 5.41) is 0. The minimum Gasteiger partial charge on any atom is -0.494 e. The first-order valence-electron chi connectivity index (χ1n) is 9.92. The summed E-state index contributed by atoms with van der Waals surface area (Å²) in [7, 11) is 0. The van der Waals surface area contributed by atoms with E-state index < -0.39 is 0 Å². The van der Waals surface area contributed by atoms with Crippen molar-refractivity contribution in [3.63, 3.8) is 0 Å². The van der Waals surface area contributed by atoms with Gasteiger partial charge in [0.05, 0.1) is 6.61 Å². The molecule has 1 atom stereocenters. The molecule has 2 heteroatoms. The van der Waals surface area contributed by atoms with Crippen LogP contribution in [0.5, 0.6) is 5.75 Å². The summed E-state index contributed by atoms with van der Waals surface area (Å²) in [4.78, 5) is 4.65. The lowest BCUT2D eigenvalue weighted by Gasteiger charge is -2.13. The van der Waals surface area contributed by atoms with Gasteiger partial charge in [0.1, 0.15) is 5.75 Å². The average molecular weight is 340 g/mol. The highest BCUT2D eigenvalue weighted by Crippen LogP contribution is 2.25. The Morgan fingerprint density at radius 1 is 0.880 bits per heavy atom. The fraction of sp³-hybridized carbons (Fsp3) is 0.522. The van der Waals surface area contributed by atoms with Crippen LogP contribution in [0, 0.1) is 0 Å². The zero-order valence-electron chi connectivity index (χ0n) is 16.1. The van der Waals surface area contributed by atoms with E-state index in [-0.39, 0.29) is 0 Å². The van der Waals surface area contributed by atoms with Crippen LogP contribution in [0.3, 0.4) is 0 Å². The van der Waals surface area contributed by atoms with Gasteiger partial charge in [-0.1, -0.05) is 71.1 Å². The normalized spacial score (nSPS) is 12.1. The molecule has 0 saturated heterocycles. The number of benzene rings is 1. The van der Waals surface area contributed by atoms with Crippen LogP contribution in [0.2, 0.25) is 0 Å². The first kappa shape index (κ1) is 19.5. The molecular weight excluding hydrogens is 306 g/mol. The summed E-state index contributed by atoms with van der Waals surface area (Å²) < 4.78 is 5.85. The van der Waals surface area contributed by atoms with Crippen molar-refractivity contribution in [2.75, 3.05) is 6.61 Å². The van der Waals surface area contributed by atoms with Gasteiger partial charge >= 0.3 is 0 Å². The third-order valence-electron chi connectivity index (χ3n) is 4.73. The lowest BCUT2D eigenvalue weighted by molar-refractivity contribution is 0.304. The molecule has 0 aliphatic rings. The van der Waals surface area contributed by atoms with Crippen molar-refractivity contribution < 1.29 is 4.74 Å². The van der Waals surface area contributed by atoms with Gasteiger partial charge in [-0.2, -0.15) is 0 Å². The summed E-state index contributed by atoms with van der Waals surface area (Å²) in [5.74, 6) is 1.27. The third-order valence-corrected chi connectivity index (χ3v) is 4.73. The second kappa shape index (κ2) is 10.9. The van der Waals surface area contributed by atoms with Crippen LogP contribution in [0.1, 0.15) is 82.0 Å². The molecule has 0 spiro atoms. The molecule has 0 amide bonds. The van der Waals surface area contributed by atoms with Crippen LogP contribution in [0.4, 0.5) is 0 Å². The summed E-state index contributed by atoms with van der Waals surface area (Å²) in [6, 6.07) is 12.9. The Labute approximate surface area is 153 Å². The maximum atomic E-state index is 5.85. The van der Waals surface area contributed by atoms with Gasteiger partial charge in [0.15, 0.2) is 0 Å². The highest BCUT2D eigenvalue weighted by atomic mass is 16.5. The van der Waals surface area contributed by atoms with Gasteiger partial charge < -0.3 is 4.74 Å². The van der Waals surface area contributed by atoms with Crippen LogP contribution < -0.4 is 4.74 Å². The predicted octanol–water partition coefficient (Wildman–Crippen LogP) is 6.54. The minimum absolute atomic E-state index is 0.304. The molecule has 0 N–H and O–H groups in total. The fourth-order valence-electron chi connectivity index (χ4n) is 3.05. The Balaban J connectivity index is 1.84. The quantitative estimate of drug-likeness (QED) is 0.434. The topological polar surface area (TPSA) is 22.1 Å². The second-order valence-electron chi connectivity index (χ2n) is 6.89. The average Bonchev–Trinajstić information content (AvgIpc) is 2.65. The first-order chi connectivity index (χ1) is 12.2. The first-order valence-corrected chi connectivity index (χ1v) is 9.92. The lowest BCUT2D eigenvalue weighted by Crippen LogP contribution is -2.01. The van der Waals surface area contributed by atoms with Crippen molar-refractivity contribution in [1.29, 1.82) is 0 Å². The largest absolute Gasteiger partial charge is 0.494 e. The van der Waals surface area contributed by atoms with Gasteiger partial charge in [-0.25, -0.2) is 0 Å². The summed E-state index contributed by atoms with van der Waals surface area (Å²) >= 11 is 0. The molecule has 0 saturated carbocycles. The van der Waals surface area contributed by atoms with E-state index in [0.717, 1.165) is 37.3 Å². The molecule has 136 valence electrons. The van der Waals surface area contributed by atoms with E-state index in [1.807, 2.05) is 6.20 Å². The number of rotatable bonds is 11. The van der Waals surface area contributed by atoms with Crippen molar-refractivity contribution >= 4 is 0 Å². The van der Waals surface area contributed by atoms with Gasteiger partial charge in [-0.15, -0.1) is 0 Å². The van der Waals surface area contributed by atoms with E-state index in [2.05, 4.69) is 62.2 Å². The molecule has 1 aromatic carbocycles. The SMILES string of the molecule is CCCCCCCOc1ccc(C(C)c2ccc(CCC)cn2)cc1. The van der Waals surface area contributed by atoms with Gasteiger partial charge in [0.2, 0.25) is 0 Å². The minimum atomic E-state index is 0.304. The van der Waals surface area contributed by atoms with E-state index in [1.54, 1.807) is 0 Å². The van der Waals surface area contributed by atoms with E-state index in [9.17, 15) is 0 Å². The van der Waals surface area contributed by atoms with Crippen molar-refractivity contribution in [2.45, 2.75) is 71.6 Å². The Kier molecular flexibility index (Phi) is 8.51. The molecule has 0 aliphatic heterocycles. The van der Waals surface area contributed by atoms with Crippen LogP contribution in [-0.4, -0.2) is 11.6 Å². The number of aryl methyl sites for hydroxylation is 1. The van der Waals surface area contributed by atoms with Crippen molar-refractivity contribution in [1.82, 2.24) is 4.98 Å². The Morgan fingerprint density at radius 3 is 2.28 bits per heavy atom. The van der Waals surface area contributed by atoms with Crippen LogP contribution >= 0.6 is 0 Å². The molecule has 1 unspecified atom stereocenters. The van der Waals surface area contributed by atoms with Crippen molar-refractivity contribution in [3.8, 4) is 5.75 Å². The fourth-order valence-corrected chi connectivity index (χ4v) is 3.05. The summed E-state index contributed by atoms with van der Waals surface area (Å²) in [6.45, 7) is 7.48. The van der Waals surface area contributed by atoms with Crippen LogP contribution in [-0.2, 0) is 6.42 Å². The number of nitrogens with zero attached hydrogens (tertiary/aromatic N) is 1. The number of hydrogen-bond acceptors (Lipinski definition) is 2. The second-order valence-corrected chi connectivity index (χ2v) is 6.89. The molecule has 2 rings (SSSR count). The number of ether oxygens (including phenoxy) is 1. The number of aromatic nitrogens is 1. The zero-order chi connectivity index (χ0) is 17.9. The van der Waals surface area contributed by atoms with E-state index >= 15 is 0 Å². The molecule has 0 radical (unpaired) electrons. The Morgan fingerprint density at radius 2 is 1.64 bits per heavy atom. The Bertz CT molecular complexity index is 588. The maximum absolute atomic E-state index is 5.85. The maximum Gasteiger partial charge on any atom is 0.119 e. The molecule has 1 heterocycles. The number of hydrogen-bond donors (Lipinski definition) is 0. The predicted molar refractivity (Wildman–Crippen MR) is 106 cm³/mol. The van der Waals surface area contributed by atoms with Crippen molar-refractivity contribution in [3.05, 3.63) is 59.4 Å². The standard InChI is InChI=1S/C23H33NO/c1-4-6-7-8-9-17-25-22-14-12-21(13-15-22)19(3)23-16-11-20(10-5-2)18-24-23/h11-16,18-19H,4-10,17H2,1-3H3. The molecule has 0 bridgehead atoms. The number of pyridine rings is 1. The van der Waals surface area contributed by atoms with Gasteiger partial charge in [-0.05, 0) is 42.2 Å². The summed E-state index contributed by atoms with van der Waals surface area (Å²) in [6.07, 6.45) is 10.6.